The molecule has 0 aromatic carbocycles. The molecule has 1 aromatic heterocycles. The van der Waals surface area contributed by atoms with E-state index in [9.17, 15) is 9.90 Å². The number of aromatic nitrogens is 1. The van der Waals surface area contributed by atoms with Crippen molar-refractivity contribution in [3.05, 3.63) is 21.4 Å². The van der Waals surface area contributed by atoms with Gasteiger partial charge in [0.2, 0.25) is 0 Å². The molecule has 1 N–H and O–H groups in total. The SMILES string of the molecule is C#Cc1nc(C)c([C@H](OC(C)(C)C)C(=O)O)c(N2CCC(C)(C)CC2)c1Br. The van der Waals surface area contributed by atoms with Crippen LogP contribution in [-0.4, -0.2) is 34.8 Å². The predicted molar refractivity (Wildman–Crippen MR) is 111 cm³/mol. The van der Waals surface area contributed by atoms with E-state index < -0.39 is 17.7 Å². The lowest BCUT2D eigenvalue weighted by atomic mass is 9.82. The van der Waals surface area contributed by atoms with Gasteiger partial charge in [-0.05, 0) is 67.8 Å². The molecule has 1 atom stereocenters. The van der Waals surface area contributed by atoms with Gasteiger partial charge in [-0.25, -0.2) is 9.78 Å². The van der Waals surface area contributed by atoms with Crippen LogP contribution in [0.2, 0.25) is 0 Å². The molecule has 0 unspecified atom stereocenters. The minimum Gasteiger partial charge on any atom is -0.479 e. The molecule has 0 saturated carbocycles. The van der Waals surface area contributed by atoms with Gasteiger partial charge in [-0.15, -0.1) is 6.42 Å². The Labute approximate surface area is 170 Å². The molecule has 0 spiro atoms. The normalized spacial score (nSPS) is 18.1. The Hall–Kier alpha value is -1.58. The van der Waals surface area contributed by atoms with Crippen LogP contribution in [0.15, 0.2) is 4.47 Å². The van der Waals surface area contributed by atoms with Gasteiger partial charge in [-0.3, -0.25) is 0 Å². The molecule has 2 heterocycles. The van der Waals surface area contributed by atoms with Crippen molar-refractivity contribution in [2.75, 3.05) is 18.0 Å². The summed E-state index contributed by atoms with van der Waals surface area (Å²) in [6.07, 6.45) is 6.56. The van der Waals surface area contributed by atoms with Crippen LogP contribution in [0.1, 0.15) is 70.5 Å². The summed E-state index contributed by atoms with van der Waals surface area (Å²) < 4.78 is 6.59. The summed E-state index contributed by atoms with van der Waals surface area (Å²) in [5.41, 5.74) is 2.09. The minimum atomic E-state index is -1.12. The van der Waals surface area contributed by atoms with Crippen LogP contribution in [0.25, 0.3) is 0 Å². The van der Waals surface area contributed by atoms with Gasteiger partial charge >= 0.3 is 5.97 Å². The van der Waals surface area contributed by atoms with Crippen molar-refractivity contribution in [1.29, 1.82) is 0 Å². The maximum atomic E-state index is 12.1. The smallest absolute Gasteiger partial charge is 0.337 e. The molecule has 1 fully saturated rings. The highest BCUT2D eigenvalue weighted by molar-refractivity contribution is 9.10. The molecule has 6 heteroatoms. The fourth-order valence-corrected chi connectivity index (χ4v) is 3.99. The topological polar surface area (TPSA) is 62.7 Å². The molecule has 0 bridgehead atoms. The van der Waals surface area contributed by atoms with E-state index in [2.05, 4.69) is 45.6 Å². The first kappa shape index (κ1) is 21.7. The number of rotatable bonds is 4. The van der Waals surface area contributed by atoms with Crippen molar-refractivity contribution < 1.29 is 14.6 Å². The number of ether oxygens (including phenoxy) is 1. The van der Waals surface area contributed by atoms with Gasteiger partial charge in [0.1, 0.15) is 5.69 Å². The summed E-state index contributed by atoms with van der Waals surface area (Å²) in [5.74, 6) is 1.57. The fraction of sp³-hybridized carbons (Fsp3) is 0.619. The van der Waals surface area contributed by atoms with Gasteiger partial charge in [0.15, 0.2) is 6.10 Å². The van der Waals surface area contributed by atoms with Crippen molar-refractivity contribution in [1.82, 2.24) is 4.98 Å². The third kappa shape index (κ3) is 5.03. The summed E-state index contributed by atoms with van der Waals surface area (Å²) in [6, 6.07) is 0. The lowest BCUT2D eigenvalue weighted by Gasteiger charge is -2.40. The lowest BCUT2D eigenvalue weighted by molar-refractivity contribution is -0.160. The van der Waals surface area contributed by atoms with Crippen LogP contribution in [0.5, 0.6) is 0 Å². The number of pyridine rings is 1. The third-order valence-corrected chi connectivity index (χ3v) is 5.62. The average molecular weight is 437 g/mol. The Morgan fingerprint density at radius 1 is 1.37 bits per heavy atom. The van der Waals surface area contributed by atoms with Crippen LogP contribution in [0, 0.1) is 24.7 Å². The largest absolute Gasteiger partial charge is 0.479 e. The zero-order valence-corrected chi connectivity index (χ0v) is 18.6. The first-order chi connectivity index (χ1) is 12.4. The van der Waals surface area contributed by atoms with Crippen molar-refractivity contribution in [2.24, 2.45) is 5.41 Å². The van der Waals surface area contributed by atoms with Crippen molar-refractivity contribution >= 4 is 27.6 Å². The van der Waals surface area contributed by atoms with E-state index in [0.717, 1.165) is 31.6 Å². The third-order valence-electron chi connectivity index (χ3n) is 4.87. The zero-order valence-electron chi connectivity index (χ0n) is 17.0. The maximum absolute atomic E-state index is 12.1. The van der Waals surface area contributed by atoms with E-state index >= 15 is 0 Å². The Morgan fingerprint density at radius 2 is 1.93 bits per heavy atom. The van der Waals surface area contributed by atoms with E-state index in [4.69, 9.17) is 11.2 Å². The van der Waals surface area contributed by atoms with Crippen molar-refractivity contribution in [3.8, 4) is 12.3 Å². The molecule has 1 aromatic rings. The number of hydrogen-bond acceptors (Lipinski definition) is 4. The van der Waals surface area contributed by atoms with E-state index in [1.54, 1.807) is 6.92 Å². The summed E-state index contributed by atoms with van der Waals surface area (Å²) in [4.78, 5) is 18.8. The van der Waals surface area contributed by atoms with E-state index in [0.29, 0.717) is 21.4 Å². The summed E-state index contributed by atoms with van der Waals surface area (Å²) in [6.45, 7) is 13.5. The Balaban J connectivity index is 2.64. The van der Waals surface area contributed by atoms with Crippen LogP contribution in [0.4, 0.5) is 5.69 Å². The molecule has 2 rings (SSSR count). The maximum Gasteiger partial charge on any atom is 0.337 e. The second-order valence-corrected chi connectivity index (χ2v) is 9.66. The monoisotopic (exact) mass is 436 g/mol. The number of terminal acetylenes is 1. The summed E-state index contributed by atoms with van der Waals surface area (Å²) >= 11 is 3.59. The molecule has 1 saturated heterocycles. The number of piperidine rings is 1. The van der Waals surface area contributed by atoms with Gasteiger partial charge in [0.05, 0.1) is 15.8 Å². The molecule has 0 amide bonds. The second-order valence-electron chi connectivity index (χ2n) is 8.87. The first-order valence-electron chi connectivity index (χ1n) is 9.18. The molecular weight excluding hydrogens is 408 g/mol. The van der Waals surface area contributed by atoms with E-state index in [1.807, 2.05) is 20.8 Å². The number of carboxylic acids is 1. The molecule has 1 aliphatic rings. The second kappa shape index (κ2) is 7.81. The Kier molecular flexibility index (Phi) is 6.28. The highest BCUT2D eigenvalue weighted by Gasteiger charge is 2.36. The van der Waals surface area contributed by atoms with Crippen LogP contribution >= 0.6 is 15.9 Å². The van der Waals surface area contributed by atoms with Gasteiger partial charge in [-0.1, -0.05) is 13.8 Å². The highest BCUT2D eigenvalue weighted by Crippen LogP contribution is 2.42. The van der Waals surface area contributed by atoms with Gasteiger partial charge < -0.3 is 14.7 Å². The standard InChI is InChI=1S/C21H29BrN2O3/c1-8-14-16(22)17(24-11-9-21(6,7)10-12-24)15(13(2)23-14)18(19(25)26)27-20(3,4)5/h1,18H,9-12H2,2-7H3,(H,25,26)/t18-/m0/s1. The molecule has 1 aliphatic heterocycles. The molecule has 148 valence electrons. The van der Waals surface area contributed by atoms with Gasteiger partial charge in [0, 0.05) is 24.3 Å². The molecule has 0 radical (unpaired) electrons. The lowest BCUT2D eigenvalue weighted by Crippen LogP contribution is -2.39. The summed E-state index contributed by atoms with van der Waals surface area (Å²) in [7, 11) is 0. The number of aliphatic carboxylic acids is 1. The van der Waals surface area contributed by atoms with Crippen LogP contribution in [0.3, 0.4) is 0 Å². The molecule has 27 heavy (non-hydrogen) atoms. The zero-order chi connectivity index (χ0) is 20.6. The predicted octanol–water partition coefficient (Wildman–Crippen LogP) is 4.70. The number of carboxylic acid groups (broad SMARTS) is 1. The number of carbonyl (C=O) groups is 1. The van der Waals surface area contributed by atoms with Crippen molar-refractivity contribution in [2.45, 2.75) is 66.1 Å². The molecule has 5 nitrogen and oxygen atoms in total. The van der Waals surface area contributed by atoms with E-state index in [-0.39, 0.29) is 5.41 Å². The number of hydrogen-bond donors (Lipinski definition) is 1. The van der Waals surface area contributed by atoms with Gasteiger partial charge in [-0.2, -0.15) is 0 Å². The van der Waals surface area contributed by atoms with Crippen molar-refractivity contribution in [3.63, 3.8) is 0 Å². The van der Waals surface area contributed by atoms with E-state index in [1.165, 1.54) is 0 Å². The average Bonchev–Trinajstić information content (AvgIpc) is 2.54. The Bertz CT molecular complexity index is 765. The van der Waals surface area contributed by atoms with Crippen LogP contribution in [-0.2, 0) is 9.53 Å². The number of halogens is 1. The first-order valence-corrected chi connectivity index (χ1v) is 9.98. The minimum absolute atomic E-state index is 0.272. The number of anilines is 1. The molecular formula is C21H29BrN2O3. The molecule has 0 aliphatic carbocycles. The fourth-order valence-electron chi connectivity index (χ4n) is 3.32. The quantitative estimate of drug-likeness (QED) is 0.692. The van der Waals surface area contributed by atoms with Crippen LogP contribution < -0.4 is 4.90 Å². The Morgan fingerprint density at radius 3 is 2.37 bits per heavy atom. The highest BCUT2D eigenvalue weighted by atomic mass is 79.9. The van der Waals surface area contributed by atoms with Gasteiger partial charge in [0.25, 0.3) is 0 Å². The number of nitrogens with zero attached hydrogens (tertiary/aromatic N) is 2. The number of aryl methyl sites for hydroxylation is 1. The summed E-state index contributed by atoms with van der Waals surface area (Å²) in [5, 5.41) is 9.91.